The topological polar surface area (TPSA) is 49.4 Å². The summed E-state index contributed by atoms with van der Waals surface area (Å²) in [5.41, 5.74) is 4.65. The molecule has 4 nitrogen and oxygen atoms in total. The minimum Gasteiger partial charge on any atom is -0.352 e. The summed E-state index contributed by atoms with van der Waals surface area (Å²) in [5, 5.41) is 3.01. The molecule has 0 saturated heterocycles. The third-order valence-corrected chi connectivity index (χ3v) is 6.31. The Balaban J connectivity index is 2.09. The monoisotopic (exact) mass is 426 g/mol. The van der Waals surface area contributed by atoms with Gasteiger partial charge < -0.3 is 10.2 Å². The Hall–Kier alpha value is -2.27. The number of carbonyl (C=O) groups is 2. The van der Waals surface area contributed by atoms with Crippen LogP contribution in [0, 0.1) is 13.8 Å². The highest BCUT2D eigenvalue weighted by molar-refractivity contribution is 7.99. The smallest absolute Gasteiger partial charge is 0.242 e. The molecule has 0 aliphatic heterocycles. The molecule has 2 unspecified atom stereocenters. The summed E-state index contributed by atoms with van der Waals surface area (Å²) >= 11 is 1.60. The zero-order valence-electron chi connectivity index (χ0n) is 18.8. The van der Waals surface area contributed by atoms with Gasteiger partial charge in [0.1, 0.15) is 6.04 Å². The van der Waals surface area contributed by atoms with Crippen molar-refractivity contribution in [2.24, 2.45) is 0 Å². The molecule has 0 bridgehead atoms. The first-order valence-corrected chi connectivity index (χ1v) is 11.7. The summed E-state index contributed by atoms with van der Waals surface area (Å²) in [7, 11) is 0. The van der Waals surface area contributed by atoms with Gasteiger partial charge in [0, 0.05) is 18.3 Å². The van der Waals surface area contributed by atoms with Crippen molar-refractivity contribution >= 4 is 23.6 Å². The number of rotatable bonds is 10. The molecular formula is C25H34N2O2S. The lowest BCUT2D eigenvalue weighted by Gasteiger charge is -2.29. The number of hydrogen-bond acceptors (Lipinski definition) is 3. The highest BCUT2D eigenvalue weighted by atomic mass is 32.2. The van der Waals surface area contributed by atoms with Crippen LogP contribution in [0.5, 0.6) is 0 Å². The van der Waals surface area contributed by atoms with Crippen LogP contribution < -0.4 is 5.32 Å². The number of nitrogens with zero attached hydrogens (tertiary/aromatic N) is 1. The van der Waals surface area contributed by atoms with Crippen LogP contribution in [0.25, 0.3) is 0 Å². The highest BCUT2D eigenvalue weighted by Gasteiger charge is 2.26. The van der Waals surface area contributed by atoms with Gasteiger partial charge in [-0.3, -0.25) is 9.59 Å². The van der Waals surface area contributed by atoms with Crippen LogP contribution in [0.15, 0.2) is 48.5 Å². The molecular weight excluding hydrogens is 392 g/mol. The Morgan fingerprint density at radius 3 is 2.47 bits per heavy atom. The molecule has 0 saturated carbocycles. The molecule has 2 aromatic carbocycles. The average molecular weight is 427 g/mol. The van der Waals surface area contributed by atoms with Crippen LogP contribution in [-0.2, 0) is 21.9 Å². The SMILES string of the molecule is CCC(C)NC(=O)C(C)N(Cc1cccc(C)c1)C(=O)CSCc1ccccc1C. The van der Waals surface area contributed by atoms with Gasteiger partial charge in [0.15, 0.2) is 0 Å². The van der Waals surface area contributed by atoms with Crippen LogP contribution in [-0.4, -0.2) is 34.6 Å². The molecule has 0 heterocycles. The molecule has 1 N–H and O–H groups in total. The average Bonchev–Trinajstić information content (AvgIpc) is 2.72. The number of thioether (sulfide) groups is 1. The Labute approximate surface area is 185 Å². The van der Waals surface area contributed by atoms with E-state index in [1.165, 1.54) is 11.1 Å². The highest BCUT2D eigenvalue weighted by Crippen LogP contribution is 2.18. The van der Waals surface area contributed by atoms with Crippen LogP contribution in [0.3, 0.4) is 0 Å². The van der Waals surface area contributed by atoms with E-state index in [1.807, 2.05) is 58.0 Å². The first kappa shape index (κ1) is 24.0. The maximum Gasteiger partial charge on any atom is 0.242 e. The summed E-state index contributed by atoms with van der Waals surface area (Å²) in [5.74, 6) is 1.02. The molecule has 5 heteroatoms. The van der Waals surface area contributed by atoms with Gasteiger partial charge in [0.05, 0.1) is 5.75 Å². The summed E-state index contributed by atoms with van der Waals surface area (Å²) < 4.78 is 0. The maximum atomic E-state index is 13.1. The molecule has 0 radical (unpaired) electrons. The summed E-state index contributed by atoms with van der Waals surface area (Å²) in [6.45, 7) is 10.4. The van der Waals surface area contributed by atoms with E-state index in [2.05, 4.69) is 30.4 Å². The number of carbonyl (C=O) groups excluding carboxylic acids is 2. The van der Waals surface area contributed by atoms with E-state index in [9.17, 15) is 9.59 Å². The molecule has 2 rings (SSSR count). The minimum absolute atomic E-state index is 0.0121. The number of aryl methyl sites for hydroxylation is 2. The van der Waals surface area contributed by atoms with E-state index in [0.717, 1.165) is 23.3 Å². The van der Waals surface area contributed by atoms with Gasteiger partial charge in [0.25, 0.3) is 0 Å². The first-order valence-electron chi connectivity index (χ1n) is 10.6. The van der Waals surface area contributed by atoms with Gasteiger partial charge in [-0.05, 0) is 50.8 Å². The summed E-state index contributed by atoms with van der Waals surface area (Å²) in [6.07, 6.45) is 0.858. The van der Waals surface area contributed by atoms with Crippen molar-refractivity contribution in [2.75, 3.05) is 5.75 Å². The molecule has 30 heavy (non-hydrogen) atoms. The van der Waals surface area contributed by atoms with Gasteiger partial charge in [-0.1, -0.05) is 61.0 Å². The van der Waals surface area contributed by atoms with E-state index in [1.54, 1.807) is 16.7 Å². The van der Waals surface area contributed by atoms with Crippen molar-refractivity contribution < 1.29 is 9.59 Å². The Morgan fingerprint density at radius 2 is 1.80 bits per heavy atom. The number of benzene rings is 2. The molecule has 0 aliphatic rings. The fourth-order valence-electron chi connectivity index (χ4n) is 3.16. The van der Waals surface area contributed by atoms with Gasteiger partial charge in [-0.15, -0.1) is 11.8 Å². The predicted octanol–water partition coefficient (Wildman–Crippen LogP) is 4.87. The second-order valence-electron chi connectivity index (χ2n) is 7.92. The fourth-order valence-corrected chi connectivity index (χ4v) is 4.14. The van der Waals surface area contributed by atoms with Crippen LogP contribution >= 0.6 is 11.8 Å². The van der Waals surface area contributed by atoms with Crippen molar-refractivity contribution in [3.05, 3.63) is 70.8 Å². The van der Waals surface area contributed by atoms with Crippen LogP contribution in [0.2, 0.25) is 0 Å². The Kier molecular flexibility index (Phi) is 9.44. The normalized spacial score (nSPS) is 12.8. The van der Waals surface area contributed by atoms with Gasteiger partial charge in [-0.25, -0.2) is 0 Å². The molecule has 2 amide bonds. The molecule has 2 atom stereocenters. The minimum atomic E-state index is -0.522. The quantitative estimate of drug-likeness (QED) is 0.590. The van der Waals surface area contributed by atoms with Crippen LogP contribution in [0.4, 0.5) is 0 Å². The van der Waals surface area contributed by atoms with Gasteiger partial charge in [-0.2, -0.15) is 0 Å². The van der Waals surface area contributed by atoms with Crippen molar-refractivity contribution in [2.45, 2.75) is 65.4 Å². The molecule has 162 valence electrons. The third-order valence-electron chi connectivity index (χ3n) is 5.35. The third kappa shape index (κ3) is 7.21. The van der Waals surface area contributed by atoms with Crippen molar-refractivity contribution in [1.29, 1.82) is 0 Å². The molecule has 0 aliphatic carbocycles. The molecule has 0 spiro atoms. The lowest BCUT2D eigenvalue weighted by atomic mass is 10.1. The second-order valence-corrected chi connectivity index (χ2v) is 8.91. The lowest BCUT2D eigenvalue weighted by Crippen LogP contribution is -2.50. The van der Waals surface area contributed by atoms with Gasteiger partial charge >= 0.3 is 0 Å². The molecule has 0 fully saturated rings. The largest absolute Gasteiger partial charge is 0.352 e. The number of nitrogens with one attached hydrogen (secondary N) is 1. The van der Waals surface area contributed by atoms with Crippen molar-refractivity contribution in [3.63, 3.8) is 0 Å². The van der Waals surface area contributed by atoms with E-state index in [0.29, 0.717) is 12.3 Å². The van der Waals surface area contributed by atoms with E-state index < -0.39 is 6.04 Å². The zero-order valence-corrected chi connectivity index (χ0v) is 19.6. The Morgan fingerprint density at radius 1 is 1.07 bits per heavy atom. The van der Waals surface area contributed by atoms with E-state index >= 15 is 0 Å². The Bertz CT molecular complexity index is 853. The maximum absolute atomic E-state index is 13.1. The van der Waals surface area contributed by atoms with Gasteiger partial charge in [0.2, 0.25) is 11.8 Å². The van der Waals surface area contributed by atoms with E-state index in [-0.39, 0.29) is 17.9 Å². The molecule has 2 aromatic rings. The van der Waals surface area contributed by atoms with Crippen molar-refractivity contribution in [1.82, 2.24) is 10.2 Å². The van der Waals surface area contributed by atoms with E-state index in [4.69, 9.17) is 0 Å². The fraction of sp³-hybridized carbons (Fsp3) is 0.440. The number of amides is 2. The second kappa shape index (κ2) is 11.8. The number of hydrogen-bond donors (Lipinski definition) is 1. The first-order chi connectivity index (χ1) is 14.3. The van der Waals surface area contributed by atoms with Crippen molar-refractivity contribution in [3.8, 4) is 0 Å². The standard InChI is InChI=1S/C25H34N2O2S/c1-6-20(4)26-25(29)21(5)27(15-22-12-9-10-18(2)14-22)24(28)17-30-16-23-13-8-7-11-19(23)3/h7-14,20-21H,6,15-17H2,1-5H3,(H,26,29). The summed E-state index contributed by atoms with van der Waals surface area (Å²) in [6, 6.07) is 15.9. The zero-order chi connectivity index (χ0) is 22.1. The van der Waals surface area contributed by atoms with Crippen LogP contribution in [0.1, 0.15) is 49.4 Å². The lowest BCUT2D eigenvalue weighted by molar-refractivity contribution is -0.138. The summed E-state index contributed by atoms with van der Waals surface area (Å²) in [4.78, 5) is 27.6. The predicted molar refractivity (Wildman–Crippen MR) is 126 cm³/mol. The molecule has 0 aromatic heterocycles.